The van der Waals surface area contributed by atoms with Crippen LogP contribution in [0.3, 0.4) is 0 Å². The third-order valence-corrected chi connectivity index (χ3v) is 4.33. The largest absolute Gasteiger partial charge is 0.495 e. The summed E-state index contributed by atoms with van der Waals surface area (Å²) in [6, 6.07) is 3.65. The fourth-order valence-corrected chi connectivity index (χ4v) is 2.93. The summed E-state index contributed by atoms with van der Waals surface area (Å²) in [5.74, 6) is 0.612. The average Bonchev–Trinajstić information content (AvgIpc) is 2.27. The normalized spacial score (nSPS) is 13.5. The van der Waals surface area contributed by atoms with E-state index in [1.165, 1.54) is 0 Å². The van der Waals surface area contributed by atoms with Crippen molar-refractivity contribution in [3.05, 3.63) is 27.7 Å². The van der Waals surface area contributed by atoms with Gasteiger partial charge in [-0.2, -0.15) is 0 Å². The van der Waals surface area contributed by atoms with Gasteiger partial charge in [-0.25, -0.2) is 0 Å². The lowest BCUT2D eigenvalue weighted by atomic mass is 9.89. The van der Waals surface area contributed by atoms with Crippen molar-refractivity contribution in [2.75, 3.05) is 7.11 Å². The molecule has 0 N–H and O–H groups in total. The Kier molecular flexibility index (Phi) is 5.82. The average molecular weight is 354 g/mol. The van der Waals surface area contributed by atoms with Crippen LogP contribution < -0.4 is 4.74 Å². The molecule has 0 amide bonds. The molecule has 1 nitrogen and oxygen atoms in total. The SMILES string of the molecule is COc1cc(Cl)c(C(Br)CCC(C)(C)C)cc1Cl. The molecule has 0 saturated carbocycles. The van der Waals surface area contributed by atoms with Gasteiger partial charge in [0.1, 0.15) is 5.75 Å². The van der Waals surface area contributed by atoms with Gasteiger partial charge in [-0.15, -0.1) is 0 Å². The first-order valence-corrected chi connectivity index (χ1v) is 7.59. The number of halogens is 3. The third kappa shape index (κ3) is 4.64. The highest BCUT2D eigenvalue weighted by molar-refractivity contribution is 9.09. The highest BCUT2D eigenvalue weighted by atomic mass is 79.9. The zero-order valence-corrected chi connectivity index (χ0v) is 14.3. The molecule has 0 heterocycles. The Hall–Kier alpha value is 0.0800. The number of methoxy groups -OCH3 is 1. The van der Waals surface area contributed by atoms with Crippen LogP contribution >= 0.6 is 39.1 Å². The van der Waals surface area contributed by atoms with Crippen molar-refractivity contribution in [2.45, 2.75) is 38.4 Å². The zero-order valence-electron chi connectivity index (χ0n) is 11.2. The van der Waals surface area contributed by atoms with Crippen molar-refractivity contribution in [3.63, 3.8) is 0 Å². The molecule has 0 aromatic heterocycles. The van der Waals surface area contributed by atoms with Gasteiger partial charge < -0.3 is 4.74 Å². The van der Waals surface area contributed by atoms with Crippen LogP contribution in [0.2, 0.25) is 10.0 Å². The zero-order chi connectivity index (χ0) is 13.9. The van der Waals surface area contributed by atoms with Crippen molar-refractivity contribution in [1.82, 2.24) is 0 Å². The second-order valence-electron chi connectivity index (χ2n) is 5.58. The summed E-state index contributed by atoms with van der Waals surface area (Å²) < 4.78 is 5.14. The van der Waals surface area contributed by atoms with E-state index in [2.05, 4.69) is 36.7 Å². The van der Waals surface area contributed by atoms with Crippen LogP contribution in [0.4, 0.5) is 0 Å². The minimum Gasteiger partial charge on any atom is -0.495 e. The van der Waals surface area contributed by atoms with Crippen LogP contribution in [0, 0.1) is 5.41 Å². The smallest absolute Gasteiger partial charge is 0.138 e. The number of ether oxygens (including phenoxy) is 1. The van der Waals surface area contributed by atoms with E-state index >= 15 is 0 Å². The standard InChI is InChI=1S/C14H19BrCl2O/c1-14(2,3)6-5-10(15)9-7-12(17)13(18-4)8-11(9)16/h7-8,10H,5-6H2,1-4H3. The molecule has 1 aromatic carbocycles. The number of rotatable bonds is 4. The predicted molar refractivity (Wildman–Crippen MR) is 83.4 cm³/mol. The minimum absolute atomic E-state index is 0.215. The molecule has 0 radical (unpaired) electrons. The van der Waals surface area contributed by atoms with E-state index in [-0.39, 0.29) is 4.83 Å². The molecule has 1 atom stereocenters. The fourth-order valence-electron chi connectivity index (χ4n) is 1.66. The number of hydrogen-bond acceptors (Lipinski definition) is 1. The molecule has 4 heteroatoms. The van der Waals surface area contributed by atoms with Crippen molar-refractivity contribution >= 4 is 39.1 Å². The fraction of sp³-hybridized carbons (Fsp3) is 0.571. The van der Waals surface area contributed by atoms with Gasteiger partial charge in [0.15, 0.2) is 0 Å². The first-order valence-electron chi connectivity index (χ1n) is 5.91. The molecule has 1 rings (SSSR count). The molecule has 0 aliphatic rings. The molecule has 0 bridgehead atoms. The summed E-state index contributed by atoms with van der Waals surface area (Å²) >= 11 is 16.1. The quantitative estimate of drug-likeness (QED) is 0.580. The van der Waals surface area contributed by atoms with Crippen LogP contribution in [0.5, 0.6) is 5.75 Å². The van der Waals surface area contributed by atoms with Crippen molar-refractivity contribution in [2.24, 2.45) is 5.41 Å². The topological polar surface area (TPSA) is 9.23 Å². The van der Waals surface area contributed by atoms with E-state index in [0.717, 1.165) is 18.4 Å². The van der Waals surface area contributed by atoms with Crippen molar-refractivity contribution in [3.8, 4) is 5.75 Å². The lowest BCUT2D eigenvalue weighted by Gasteiger charge is -2.21. The van der Waals surface area contributed by atoms with Gasteiger partial charge in [0, 0.05) is 15.9 Å². The van der Waals surface area contributed by atoms with Gasteiger partial charge in [0.2, 0.25) is 0 Å². The summed E-state index contributed by atoms with van der Waals surface area (Å²) in [6.45, 7) is 6.69. The van der Waals surface area contributed by atoms with Crippen molar-refractivity contribution in [1.29, 1.82) is 0 Å². The Morgan fingerprint density at radius 1 is 1.22 bits per heavy atom. The summed E-state index contributed by atoms with van der Waals surface area (Å²) in [4.78, 5) is 0.215. The molecule has 0 saturated heterocycles. The molecule has 1 unspecified atom stereocenters. The number of benzene rings is 1. The van der Waals surface area contributed by atoms with Gasteiger partial charge in [-0.05, 0) is 29.9 Å². The Labute approximate surface area is 128 Å². The maximum atomic E-state index is 6.26. The molecule has 0 aliphatic heterocycles. The van der Waals surface area contributed by atoms with Gasteiger partial charge in [-0.1, -0.05) is 59.9 Å². The van der Waals surface area contributed by atoms with E-state index in [9.17, 15) is 0 Å². The highest BCUT2D eigenvalue weighted by Crippen LogP contribution is 2.40. The maximum absolute atomic E-state index is 6.26. The second-order valence-corrected chi connectivity index (χ2v) is 7.49. The van der Waals surface area contributed by atoms with Crippen LogP contribution in [-0.2, 0) is 0 Å². The lowest BCUT2D eigenvalue weighted by molar-refractivity contribution is 0.365. The molecule has 1 aromatic rings. The minimum atomic E-state index is 0.215. The number of hydrogen-bond donors (Lipinski definition) is 0. The van der Waals surface area contributed by atoms with Gasteiger partial charge >= 0.3 is 0 Å². The third-order valence-electron chi connectivity index (χ3n) is 2.76. The number of alkyl halides is 1. The van der Waals surface area contributed by atoms with Gasteiger partial charge in [0.25, 0.3) is 0 Å². The molecular formula is C14H19BrCl2O. The summed E-state index contributed by atoms with van der Waals surface area (Å²) in [5, 5.41) is 1.28. The van der Waals surface area contributed by atoms with E-state index < -0.39 is 0 Å². The van der Waals surface area contributed by atoms with E-state index in [1.807, 2.05) is 6.07 Å². The molecular weight excluding hydrogens is 335 g/mol. The van der Waals surface area contributed by atoms with Crippen LogP contribution in [0.1, 0.15) is 44.0 Å². The van der Waals surface area contributed by atoms with Gasteiger partial charge in [0.05, 0.1) is 12.1 Å². The summed E-state index contributed by atoms with van der Waals surface area (Å²) in [6.07, 6.45) is 2.13. The summed E-state index contributed by atoms with van der Waals surface area (Å²) in [7, 11) is 1.59. The van der Waals surface area contributed by atoms with E-state index in [1.54, 1.807) is 13.2 Å². The Morgan fingerprint density at radius 2 is 1.83 bits per heavy atom. The van der Waals surface area contributed by atoms with Crippen LogP contribution in [0.25, 0.3) is 0 Å². The van der Waals surface area contributed by atoms with E-state index in [0.29, 0.717) is 21.2 Å². The van der Waals surface area contributed by atoms with Crippen molar-refractivity contribution < 1.29 is 4.74 Å². The Morgan fingerprint density at radius 3 is 2.33 bits per heavy atom. The molecule has 0 fully saturated rings. The highest BCUT2D eigenvalue weighted by Gasteiger charge is 2.18. The first kappa shape index (κ1) is 16.1. The van der Waals surface area contributed by atoms with Crippen LogP contribution in [0.15, 0.2) is 12.1 Å². The Balaban J connectivity index is 2.86. The monoisotopic (exact) mass is 352 g/mol. The Bertz CT molecular complexity index is 413. The lowest BCUT2D eigenvalue weighted by Crippen LogP contribution is -2.06. The van der Waals surface area contributed by atoms with E-state index in [4.69, 9.17) is 27.9 Å². The predicted octanol–water partition coefficient (Wildman–Crippen LogP) is 6.26. The molecule has 102 valence electrons. The maximum Gasteiger partial charge on any atom is 0.138 e. The second kappa shape index (κ2) is 6.49. The molecule has 18 heavy (non-hydrogen) atoms. The molecule has 0 aliphatic carbocycles. The first-order chi connectivity index (χ1) is 8.24. The van der Waals surface area contributed by atoms with Gasteiger partial charge in [-0.3, -0.25) is 0 Å². The summed E-state index contributed by atoms with van der Waals surface area (Å²) in [5.41, 5.74) is 1.33. The molecule has 0 spiro atoms. The van der Waals surface area contributed by atoms with Crippen LogP contribution in [-0.4, -0.2) is 7.11 Å².